The van der Waals surface area contributed by atoms with Crippen LogP contribution in [0.2, 0.25) is 0 Å². The molecular weight excluding hydrogens is 212 g/mol. The average Bonchev–Trinajstić information content (AvgIpc) is 2.06. The minimum absolute atomic E-state index is 0.203. The molecule has 1 aromatic rings. The summed E-state index contributed by atoms with van der Waals surface area (Å²) in [5.41, 5.74) is -1.72. The van der Waals surface area contributed by atoms with Crippen molar-refractivity contribution in [2.75, 3.05) is 0 Å². The molecule has 0 spiro atoms. The lowest BCUT2D eigenvalue weighted by Gasteiger charge is -2.11. The molecular formula is C10H8F4O. The van der Waals surface area contributed by atoms with Gasteiger partial charge in [-0.05, 0) is 31.5 Å². The lowest BCUT2D eigenvalue weighted by molar-refractivity contribution is -0.140. The number of rotatable bonds is 1. The molecule has 1 nitrogen and oxygen atoms in total. The second-order valence-electron chi connectivity index (χ2n) is 3.23. The van der Waals surface area contributed by atoms with Gasteiger partial charge in [-0.2, -0.15) is 13.2 Å². The fourth-order valence-corrected chi connectivity index (χ4v) is 1.23. The van der Waals surface area contributed by atoms with Gasteiger partial charge in [-0.3, -0.25) is 4.79 Å². The van der Waals surface area contributed by atoms with Crippen LogP contribution in [0.25, 0.3) is 0 Å². The number of hydrogen-bond donors (Lipinski definition) is 0. The van der Waals surface area contributed by atoms with Gasteiger partial charge in [0.15, 0.2) is 5.78 Å². The monoisotopic (exact) mass is 220 g/mol. The van der Waals surface area contributed by atoms with E-state index in [0.29, 0.717) is 6.07 Å². The molecule has 0 aliphatic carbocycles. The Kier molecular flexibility index (Phi) is 2.83. The van der Waals surface area contributed by atoms with Gasteiger partial charge in [-0.15, -0.1) is 0 Å². The highest BCUT2D eigenvalue weighted by atomic mass is 19.4. The van der Waals surface area contributed by atoms with Crippen LogP contribution in [0.15, 0.2) is 12.1 Å². The van der Waals surface area contributed by atoms with E-state index in [2.05, 4.69) is 0 Å². The van der Waals surface area contributed by atoms with Crippen molar-refractivity contribution in [3.05, 3.63) is 34.6 Å². The number of carbonyl (C=O) groups excluding carboxylic acids is 1. The largest absolute Gasteiger partial charge is 0.419 e. The highest BCUT2D eigenvalue weighted by molar-refractivity contribution is 5.94. The van der Waals surface area contributed by atoms with E-state index in [4.69, 9.17) is 0 Å². The van der Waals surface area contributed by atoms with Crippen molar-refractivity contribution in [1.29, 1.82) is 0 Å². The van der Waals surface area contributed by atoms with Crippen LogP contribution in [0.3, 0.4) is 0 Å². The minimum atomic E-state index is -4.78. The molecule has 0 saturated carbocycles. The summed E-state index contributed by atoms with van der Waals surface area (Å²) in [7, 11) is 0. The number of benzene rings is 1. The van der Waals surface area contributed by atoms with E-state index in [0.717, 1.165) is 13.0 Å². The van der Waals surface area contributed by atoms with Gasteiger partial charge in [-0.1, -0.05) is 0 Å². The standard InChI is InChI=1S/C10H8F4O/c1-5-3-7(6(2)15)9(11)8(4-5)10(12,13)14/h3-4H,1-2H3. The first-order valence-corrected chi connectivity index (χ1v) is 4.11. The van der Waals surface area contributed by atoms with Crippen molar-refractivity contribution in [2.24, 2.45) is 0 Å². The third-order valence-corrected chi connectivity index (χ3v) is 1.90. The first kappa shape index (κ1) is 11.7. The maximum Gasteiger partial charge on any atom is 0.419 e. The summed E-state index contributed by atoms with van der Waals surface area (Å²) in [5, 5.41) is 0. The molecule has 1 rings (SSSR count). The molecule has 0 N–H and O–H groups in total. The molecule has 0 unspecified atom stereocenters. The lowest BCUT2D eigenvalue weighted by Crippen LogP contribution is -2.12. The molecule has 1 aromatic carbocycles. The van der Waals surface area contributed by atoms with Crippen LogP contribution < -0.4 is 0 Å². The van der Waals surface area contributed by atoms with E-state index in [9.17, 15) is 22.4 Å². The molecule has 0 saturated heterocycles. The summed E-state index contributed by atoms with van der Waals surface area (Å²) in [6.07, 6.45) is -4.78. The van der Waals surface area contributed by atoms with Crippen molar-refractivity contribution in [2.45, 2.75) is 20.0 Å². The number of alkyl halides is 3. The first-order chi connectivity index (χ1) is 6.73. The van der Waals surface area contributed by atoms with E-state index in [1.165, 1.54) is 6.92 Å². The van der Waals surface area contributed by atoms with Gasteiger partial charge in [0.2, 0.25) is 0 Å². The van der Waals surface area contributed by atoms with E-state index < -0.39 is 28.9 Å². The Bertz CT molecular complexity index is 407. The van der Waals surface area contributed by atoms with Gasteiger partial charge in [0.1, 0.15) is 5.82 Å². The van der Waals surface area contributed by atoms with Gasteiger partial charge in [-0.25, -0.2) is 4.39 Å². The van der Waals surface area contributed by atoms with Crippen LogP contribution in [-0.2, 0) is 6.18 Å². The number of ketones is 1. The molecule has 0 heterocycles. The van der Waals surface area contributed by atoms with Crippen molar-refractivity contribution in [3.8, 4) is 0 Å². The molecule has 0 amide bonds. The molecule has 15 heavy (non-hydrogen) atoms. The zero-order chi connectivity index (χ0) is 11.8. The molecule has 0 aliphatic rings. The summed E-state index contributed by atoms with van der Waals surface area (Å²) in [5.74, 6) is -2.22. The maximum absolute atomic E-state index is 13.3. The number of halogens is 4. The summed E-state index contributed by atoms with van der Waals surface area (Å²) >= 11 is 0. The van der Waals surface area contributed by atoms with Crippen molar-refractivity contribution in [3.63, 3.8) is 0 Å². The van der Waals surface area contributed by atoms with Gasteiger partial charge in [0.05, 0.1) is 11.1 Å². The second kappa shape index (κ2) is 3.64. The second-order valence-corrected chi connectivity index (χ2v) is 3.23. The average molecular weight is 220 g/mol. The fraction of sp³-hybridized carbons (Fsp3) is 0.300. The topological polar surface area (TPSA) is 17.1 Å². The Morgan fingerprint density at radius 1 is 1.27 bits per heavy atom. The molecule has 0 aliphatic heterocycles. The lowest BCUT2D eigenvalue weighted by atomic mass is 10.0. The summed E-state index contributed by atoms with van der Waals surface area (Å²) in [6, 6.07) is 1.79. The van der Waals surface area contributed by atoms with E-state index in [-0.39, 0.29) is 5.56 Å². The van der Waals surface area contributed by atoms with Crippen LogP contribution >= 0.6 is 0 Å². The molecule has 0 atom stereocenters. The maximum atomic E-state index is 13.3. The van der Waals surface area contributed by atoms with Crippen LogP contribution in [0.5, 0.6) is 0 Å². The number of carbonyl (C=O) groups is 1. The van der Waals surface area contributed by atoms with Gasteiger partial charge >= 0.3 is 6.18 Å². The molecule has 5 heteroatoms. The summed E-state index contributed by atoms with van der Waals surface area (Å²) in [4.78, 5) is 10.9. The Labute approximate surface area is 83.7 Å². The predicted molar refractivity (Wildman–Crippen MR) is 46.1 cm³/mol. The predicted octanol–water partition coefficient (Wildman–Crippen LogP) is 3.36. The van der Waals surface area contributed by atoms with Crippen molar-refractivity contribution >= 4 is 5.78 Å². The minimum Gasteiger partial charge on any atom is -0.294 e. The SMILES string of the molecule is CC(=O)c1cc(C)cc(C(F)(F)F)c1F. The summed E-state index contributed by atoms with van der Waals surface area (Å²) in [6.45, 7) is 2.40. The molecule has 0 aromatic heterocycles. The van der Waals surface area contributed by atoms with Gasteiger partial charge in [0, 0.05) is 0 Å². The van der Waals surface area contributed by atoms with E-state index in [1.54, 1.807) is 0 Å². The smallest absolute Gasteiger partial charge is 0.294 e. The van der Waals surface area contributed by atoms with Gasteiger partial charge < -0.3 is 0 Å². The highest BCUT2D eigenvalue weighted by Crippen LogP contribution is 2.33. The zero-order valence-electron chi connectivity index (χ0n) is 8.07. The summed E-state index contributed by atoms with van der Waals surface area (Å²) < 4.78 is 50.2. The van der Waals surface area contributed by atoms with Crippen molar-refractivity contribution < 1.29 is 22.4 Å². The quantitative estimate of drug-likeness (QED) is 0.524. The third-order valence-electron chi connectivity index (χ3n) is 1.90. The molecule has 0 bridgehead atoms. The molecule has 82 valence electrons. The first-order valence-electron chi connectivity index (χ1n) is 4.11. The van der Waals surface area contributed by atoms with Gasteiger partial charge in [0.25, 0.3) is 0 Å². The molecule has 0 radical (unpaired) electrons. The van der Waals surface area contributed by atoms with E-state index in [1.807, 2.05) is 0 Å². The fourth-order valence-electron chi connectivity index (χ4n) is 1.23. The Morgan fingerprint density at radius 2 is 1.80 bits per heavy atom. The Balaban J connectivity index is 3.49. The molecule has 0 fully saturated rings. The van der Waals surface area contributed by atoms with E-state index >= 15 is 0 Å². The van der Waals surface area contributed by atoms with Crippen LogP contribution in [0.4, 0.5) is 17.6 Å². The van der Waals surface area contributed by atoms with Crippen LogP contribution in [0.1, 0.15) is 28.4 Å². The van der Waals surface area contributed by atoms with Crippen LogP contribution in [-0.4, -0.2) is 5.78 Å². The van der Waals surface area contributed by atoms with Crippen molar-refractivity contribution in [1.82, 2.24) is 0 Å². The number of Topliss-reactive ketones (excluding diaryl/α,β-unsaturated/α-hetero) is 1. The number of aryl methyl sites for hydroxylation is 1. The zero-order valence-corrected chi connectivity index (χ0v) is 8.07. The normalized spacial score (nSPS) is 11.6. The van der Waals surface area contributed by atoms with Crippen LogP contribution in [0, 0.1) is 12.7 Å². The third kappa shape index (κ3) is 2.34. The Morgan fingerprint density at radius 3 is 2.20 bits per heavy atom. The number of hydrogen-bond acceptors (Lipinski definition) is 1. The highest BCUT2D eigenvalue weighted by Gasteiger charge is 2.35. The Hall–Kier alpha value is -1.39.